The maximum Gasteiger partial charge on any atom is 0.269 e. The van der Waals surface area contributed by atoms with Crippen molar-refractivity contribution >= 4 is 34.7 Å². The van der Waals surface area contributed by atoms with E-state index >= 15 is 0 Å². The van der Waals surface area contributed by atoms with Gasteiger partial charge in [-0.1, -0.05) is 42.1 Å². The van der Waals surface area contributed by atoms with E-state index < -0.39 is 4.92 Å². The highest BCUT2D eigenvalue weighted by atomic mass is 32.2. The topological polar surface area (TPSA) is 115 Å². The van der Waals surface area contributed by atoms with Crippen molar-refractivity contribution in [1.29, 1.82) is 0 Å². The van der Waals surface area contributed by atoms with E-state index in [9.17, 15) is 14.9 Å². The molecule has 10 heteroatoms. The Morgan fingerprint density at radius 1 is 1.03 bits per heavy atom. The van der Waals surface area contributed by atoms with Crippen molar-refractivity contribution in [1.82, 2.24) is 19.8 Å². The quantitative estimate of drug-likeness (QED) is 0.296. The molecule has 2 aromatic heterocycles. The minimum absolute atomic E-state index is 0.0346. The lowest BCUT2D eigenvalue weighted by Gasteiger charge is -2.05. The molecule has 4 aromatic rings. The molecule has 1 amide bonds. The van der Waals surface area contributed by atoms with Gasteiger partial charge in [-0.05, 0) is 24.3 Å². The summed E-state index contributed by atoms with van der Waals surface area (Å²) in [5.41, 5.74) is 2.78. The summed E-state index contributed by atoms with van der Waals surface area (Å²) in [4.78, 5) is 22.4. The Bertz CT molecular complexity index is 1180. The summed E-state index contributed by atoms with van der Waals surface area (Å²) in [6, 6.07) is 19.1. The van der Waals surface area contributed by atoms with Gasteiger partial charge < -0.3 is 5.32 Å². The third-order valence-electron chi connectivity index (χ3n) is 4.00. The lowest BCUT2D eigenvalue weighted by Crippen LogP contribution is -2.14. The van der Waals surface area contributed by atoms with E-state index in [1.165, 1.54) is 36.0 Å². The van der Waals surface area contributed by atoms with Gasteiger partial charge in [0.05, 0.1) is 16.4 Å². The van der Waals surface area contributed by atoms with E-state index in [-0.39, 0.29) is 17.3 Å². The summed E-state index contributed by atoms with van der Waals surface area (Å²) >= 11 is 1.20. The number of rotatable bonds is 6. The number of hydrogen-bond donors (Lipinski definition) is 1. The molecule has 4 rings (SSSR count). The monoisotopic (exact) mass is 406 g/mol. The molecule has 0 saturated heterocycles. The predicted molar refractivity (Wildman–Crippen MR) is 109 cm³/mol. The fourth-order valence-electron chi connectivity index (χ4n) is 2.62. The lowest BCUT2D eigenvalue weighted by molar-refractivity contribution is -0.384. The van der Waals surface area contributed by atoms with Gasteiger partial charge in [0.25, 0.3) is 5.69 Å². The number of carbonyl (C=O) groups is 1. The van der Waals surface area contributed by atoms with E-state index in [1.807, 2.05) is 42.5 Å². The Balaban J connectivity index is 1.45. The number of benzene rings is 2. The number of aromatic nitrogens is 4. The number of anilines is 1. The number of carbonyl (C=O) groups excluding carboxylic acids is 1. The zero-order chi connectivity index (χ0) is 20.2. The van der Waals surface area contributed by atoms with Crippen LogP contribution in [0.2, 0.25) is 0 Å². The second-order valence-electron chi connectivity index (χ2n) is 5.98. The second-order valence-corrected chi connectivity index (χ2v) is 6.92. The van der Waals surface area contributed by atoms with Crippen molar-refractivity contribution in [3.05, 3.63) is 76.8 Å². The highest BCUT2D eigenvalue weighted by Gasteiger charge is 2.12. The first-order valence-corrected chi connectivity index (χ1v) is 9.54. The van der Waals surface area contributed by atoms with E-state index in [0.717, 1.165) is 11.3 Å². The van der Waals surface area contributed by atoms with Gasteiger partial charge >= 0.3 is 0 Å². The molecule has 0 fully saturated rings. The van der Waals surface area contributed by atoms with Crippen molar-refractivity contribution < 1.29 is 9.72 Å². The Labute approximate surface area is 168 Å². The molecular formula is C19H14N6O3S. The van der Waals surface area contributed by atoms with Crippen molar-refractivity contribution in [2.24, 2.45) is 0 Å². The van der Waals surface area contributed by atoms with Crippen LogP contribution in [0, 0.1) is 10.1 Å². The number of nitrogens with one attached hydrogen (secondary N) is 1. The fourth-order valence-corrected chi connectivity index (χ4v) is 3.30. The van der Waals surface area contributed by atoms with Gasteiger partial charge in [-0.3, -0.25) is 14.9 Å². The van der Waals surface area contributed by atoms with Crippen LogP contribution < -0.4 is 5.32 Å². The van der Waals surface area contributed by atoms with Crippen LogP contribution in [0.3, 0.4) is 0 Å². The number of nitro benzene ring substituents is 1. The Hall–Kier alpha value is -3.79. The predicted octanol–water partition coefficient (Wildman–Crippen LogP) is 3.43. The van der Waals surface area contributed by atoms with Gasteiger partial charge in [0, 0.05) is 23.4 Å². The van der Waals surface area contributed by atoms with Crippen LogP contribution in [0.5, 0.6) is 0 Å². The summed E-state index contributed by atoms with van der Waals surface area (Å²) in [6.07, 6.45) is 0. The summed E-state index contributed by atoms with van der Waals surface area (Å²) in [5.74, 6) is -0.172. The zero-order valence-corrected chi connectivity index (χ0v) is 15.7. The molecule has 2 aromatic carbocycles. The van der Waals surface area contributed by atoms with Crippen molar-refractivity contribution in [3.8, 4) is 11.3 Å². The molecule has 1 N–H and O–H groups in total. The number of nitrogens with zero attached hydrogens (tertiary/aromatic N) is 5. The number of amides is 1. The number of hydrogen-bond acceptors (Lipinski definition) is 7. The molecule has 29 heavy (non-hydrogen) atoms. The number of fused-ring (bicyclic) bond motifs is 1. The van der Waals surface area contributed by atoms with Gasteiger partial charge in [-0.25, -0.2) is 0 Å². The van der Waals surface area contributed by atoms with Gasteiger partial charge in [0.15, 0.2) is 5.65 Å². The Morgan fingerprint density at radius 3 is 2.52 bits per heavy atom. The smallest absolute Gasteiger partial charge is 0.269 e. The van der Waals surface area contributed by atoms with Crippen molar-refractivity contribution in [3.63, 3.8) is 0 Å². The van der Waals surface area contributed by atoms with Crippen LogP contribution in [0.1, 0.15) is 0 Å². The molecule has 2 heterocycles. The summed E-state index contributed by atoms with van der Waals surface area (Å²) in [5, 5.41) is 26.6. The molecule has 0 bridgehead atoms. The van der Waals surface area contributed by atoms with Crippen LogP contribution in [0.15, 0.2) is 71.9 Å². The molecule has 0 aliphatic heterocycles. The average Bonchev–Trinajstić information content (AvgIpc) is 3.15. The molecule has 0 unspecified atom stereocenters. The van der Waals surface area contributed by atoms with E-state index in [0.29, 0.717) is 16.5 Å². The van der Waals surface area contributed by atoms with Crippen LogP contribution >= 0.6 is 11.8 Å². The Morgan fingerprint density at radius 2 is 1.79 bits per heavy atom. The highest BCUT2D eigenvalue weighted by molar-refractivity contribution is 7.99. The molecule has 0 aliphatic carbocycles. The van der Waals surface area contributed by atoms with Crippen LogP contribution in [-0.4, -0.2) is 36.4 Å². The number of thioether (sulfide) groups is 1. The maximum absolute atomic E-state index is 12.2. The van der Waals surface area contributed by atoms with Gasteiger partial charge in [-0.15, -0.1) is 10.2 Å². The molecule has 0 radical (unpaired) electrons. The third kappa shape index (κ3) is 4.22. The van der Waals surface area contributed by atoms with Gasteiger partial charge in [0.2, 0.25) is 11.1 Å². The lowest BCUT2D eigenvalue weighted by atomic mass is 10.1. The summed E-state index contributed by atoms with van der Waals surface area (Å²) < 4.78 is 1.60. The second kappa shape index (κ2) is 8.07. The van der Waals surface area contributed by atoms with E-state index in [4.69, 9.17) is 0 Å². The standard InChI is InChI=1S/C19H14N6O3S/c26-18(20-14-6-8-15(9-7-14)25(27)28)12-29-19-22-21-17-11-10-16(23-24(17)19)13-4-2-1-3-5-13/h1-11H,12H2,(H,20,26). The molecular weight excluding hydrogens is 392 g/mol. The zero-order valence-electron chi connectivity index (χ0n) is 14.9. The molecule has 0 spiro atoms. The first kappa shape index (κ1) is 18.6. The number of non-ortho nitro benzene ring substituents is 1. The van der Waals surface area contributed by atoms with Crippen LogP contribution in [0.25, 0.3) is 16.9 Å². The third-order valence-corrected chi connectivity index (χ3v) is 4.92. The van der Waals surface area contributed by atoms with Gasteiger partial charge in [0.1, 0.15) is 0 Å². The summed E-state index contributed by atoms with van der Waals surface area (Å²) in [7, 11) is 0. The summed E-state index contributed by atoms with van der Waals surface area (Å²) in [6.45, 7) is 0. The SMILES string of the molecule is O=C(CSc1nnc2ccc(-c3ccccc3)nn12)Nc1ccc([N+](=O)[O-])cc1. The molecule has 0 saturated carbocycles. The number of nitro groups is 1. The minimum Gasteiger partial charge on any atom is -0.325 e. The molecule has 0 atom stereocenters. The van der Waals surface area contributed by atoms with E-state index in [2.05, 4.69) is 20.6 Å². The average molecular weight is 406 g/mol. The maximum atomic E-state index is 12.2. The van der Waals surface area contributed by atoms with Crippen molar-refractivity contribution in [2.75, 3.05) is 11.1 Å². The fraction of sp³-hybridized carbons (Fsp3) is 0.0526. The van der Waals surface area contributed by atoms with Crippen molar-refractivity contribution in [2.45, 2.75) is 5.16 Å². The minimum atomic E-state index is -0.492. The molecule has 144 valence electrons. The molecule has 0 aliphatic rings. The van der Waals surface area contributed by atoms with Crippen LogP contribution in [-0.2, 0) is 4.79 Å². The first-order chi connectivity index (χ1) is 14.1. The normalized spacial score (nSPS) is 10.8. The van der Waals surface area contributed by atoms with Gasteiger partial charge in [-0.2, -0.15) is 9.61 Å². The first-order valence-electron chi connectivity index (χ1n) is 8.55. The Kier molecular flexibility index (Phi) is 5.16. The van der Waals surface area contributed by atoms with Crippen LogP contribution in [0.4, 0.5) is 11.4 Å². The molecule has 9 nitrogen and oxygen atoms in total. The highest BCUT2D eigenvalue weighted by Crippen LogP contribution is 2.21. The van der Waals surface area contributed by atoms with E-state index in [1.54, 1.807) is 4.52 Å². The largest absolute Gasteiger partial charge is 0.325 e.